The van der Waals surface area contributed by atoms with Gasteiger partial charge in [-0.05, 0) is 36.8 Å². The lowest BCUT2D eigenvalue weighted by Crippen LogP contribution is -2.17. The van der Waals surface area contributed by atoms with Crippen LogP contribution in [0.2, 0.25) is 0 Å². The standard InChI is InChI=1S/C21H21FN8O/c1-12-16(30-9-5-8-15(17(23)31)20(30)25-12)18-26-19(21(28-27-18)29(2)3)24-11-13-6-4-7-14(22)10-13/h4-10H,11H2,1-3H3,(H2,23,31)(H,24,26,27). The monoisotopic (exact) mass is 420 g/mol. The number of aromatic nitrogens is 5. The Kier molecular flexibility index (Phi) is 5.20. The zero-order valence-electron chi connectivity index (χ0n) is 17.3. The number of amides is 1. The summed E-state index contributed by atoms with van der Waals surface area (Å²) in [4.78, 5) is 22.7. The van der Waals surface area contributed by atoms with Gasteiger partial charge in [-0.2, -0.15) is 0 Å². The summed E-state index contributed by atoms with van der Waals surface area (Å²) < 4.78 is 15.2. The minimum Gasteiger partial charge on any atom is -0.365 e. The Morgan fingerprint density at radius 3 is 2.71 bits per heavy atom. The average molecular weight is 420 g/mol. The van der Waals surface area contributed by atoms with Crippen LogP contribution >= 0.6 is 0 Å². The zero-order valence-corrected chi connectivity index (χ0v) is 17.3. The second-order valence-electron chi connectivity index (χ2n) is 7.21. The molecule has 0 aliphatic heterocycles. The van der Waals surface area contributed by atoms with Crippen LogP contribution in [-0.2, 0) is 6.54 Å². The molecule has 0 spiro atoms. The van der Waals surface area contributed by atoms with Gasteiger partial charge in [-0.1, -0.05) is 12.1 Å². The van der Waals surface area contributed by atoms with Crippen LogP contribution < -0.4 is 16.0 Å². The molecule has 0 unspecified atom stereocenters. The first-order valence-electron chi connectivity index (χ1n) is 9.53. The minimum absolute atomic E-state index is 0.305. The van der Waals surface area contributed by atoms with E-state index in [1.165, 1.54) is 12.1 Å². The number of benzene rings is 1. The number of nitrogens with two attached hydrogens (primary N) is 1. The lowest BCUT2D eigenvalue weighted by molar-refractivity contribution is 0.100. The number of hydrogen-bond acceptors (Lipinski definition) is 7. The number of anilines is 2. The van der Waals surface area contributed by atoms with E-state index in [1.807, 2.05) is 20.2 Å². The SMILES string of the molecule is Cc1nc2c(C(N)=O)cccn2c1-c1nnc(N(C)C)c(NCc2cccc(F)c2)n1. The summed E-state index contributed by atoms with van der Waals surface area (Å²) in [6.07, 6.45) is 1.76. The highest BCUT2D eigenvalue weighted by molar-refractivity contribution is 5.99. The van der Waals surface area contributed by atoms with Gasteiger partial charge in [0.25, 0.3) is 5.91 Å². The number of nitrogens with zero attached hydrogens (tertiary/aromatic N) is 6. The van der Waals surface area contributed by atoms with Crippen LogP contribution in [0, 0.1) is 12.7 Å². The fourth-order valence-electron chi connectivity index (χ4n) is 3.32. The maximum atomic E-state index is 13.5. The highest BCUT2D eigenvalue weighted by Gasteiger charge is 2.20. The predicted molar refractivity (Wildman–Crippen MR) is 115 cm³/mol. The maximum absolute atomic E-state index is 13.5. The number of aryl methyl sites for hydroxylation is 1. The van der Waals surface area contributed by atoms with Crippen molar-refractivity contribution in [1.82, 2.24) is 24.6 Å². The molecule has 3 N–H and O–H groups in total. The van der Waals surface area contributed by atoms with E-state index in [0.29, 0.717) is 46.6 Å². The number of hydrogen-bond donors (Lipinski definition) is 2. The molecule has 0 saturated heterocycles. The molecule has 158 valence electrons. The molecule has 0 fully saturated rings. The largest absolute Gasteiger partial charge is 0.365 e. The maximum Gasteiger partial charge on any atom is 0.252 e. The van der Waals surface area contributed by atoms with E-state index in [1.54, 1.807) is 40.6 Å². The third-order valence-electron chi connectivity index (χ3n) is 4.74. The van der Waals surface area contributed by atoms with E-state index in [-0.39, 0.29) is 5.82 Å². The summed E-state index contributed by atoms with van der Waals surface area (Å²) in [6, 6.07) is 9.66. The molecule has 0 atom stereocenters. The molecule has 0 bridgehead atoms. The average Bonchev–Trinajstić information content (AvgIpc) is 3.07. The van der Waals surface area contributed by atoms with Crippen molar-refractivity contribution in [2.75, 3.05) is 24.3 Å². The van der Waals surface area contributed by atoms with E-state index >= 15 is 0 Å². The fraction of sp³-hybridized carbons (Fsp3) is 0.190. The number of rotatable bonds is 6. The molecular weight excluding hydrogens is 399 g/mol. The number of carbonyl (C=O) groups excluding carboxylic acids is 1. The van der Waals surface area contributed by atoms with Crippen molar-refractivity contribution in [2.45, 2.75) is 13.5 Å². The Bertz CT molecular complexity index is 1280. The van der Waals surface area contributed by atoms with E-state index in [0.717, 1.165) is 5.56 Å². The number of carbonyl (C=O) groups is 1. The molecule has 0 saturated carbocycles. The second-order valence-corrected chi connectivity index (χ2v) is 7.21. The van der Waals surface area contributed by atoms with E-state index in [4.69, 9.17) is 5.73 Å². The van der Waals surface area contributed by atoms with Gasteiger partial charge in [-0.15, -0.1) is 10.2 Å². The summed E-state index contributed by atoms with van der Waals surface area (Å²) in [7, 11) is 3.66. The predicted octanol–water partition coefficient (Wildman–Crippen LogP) is 2.41. The van der Waals surface area contributed by atoms with Gasteiger partial charge in [0.2, 0.25) is 5.82 Å². The Morgan fingerprint density at radius 2 is 2.00 bits per heavy atom. The highest BCUT2D eigenvalue weighted by atomic mass is 19.1. The van der Waals surface area contributed by atoms with Gasteiger partial charge in [0, 0.05) is 26.8 Å². The first-order chi connectivity index (χ1) is 14.8. The van der Waals surface area contributed by atoms with Gasteiger partial charge >= 0.3 is 0 Å². The third kappa shape index (κ3) is 3.87. The van der Waals surface area contributed by atoms with Gasteiger partial charge in [0.15, 0.2) is 11.6 Å². The molecule has 3 aromatic heterocycles. The zero-order chi connectivity index (χ0) is 22.1. The minimum atomic E-state index is -0.568. The topological polar surface area (TPSA) is 114 Å². The van der Waals surface area contributed by atoms with E-state index in [9.17, 15) is 9.18 Å². The van der Waals surface area contributed by atoms with Gasteiger partial charge in [0.1, 0.15) is 17.2 Å². The molecule has 1 aromatic carbocycles. The van der Waals surface area contributed by atoms with Gasteiger partial charge < -0.3 is 16.0 Å². The van der Waals surface area contributed by atoms with Crippen LogP contribution in [-0.4, -0.2) is 44.6 Å². The highest BCUT2D eigenvalue weighted by Crippen LogP contribution is 2.27. The molecule has 9 nitrogen and oxygen atoms in total. The van der Waals surface area contributed by atoms with Crippen LogP contribution in [0.4, 0.5) is 16.0 Å². The van der Waals surface area contributed by atoms with Crippen molar-refractivity contribution in [2.24, 2.45) is 5.73 Å². The Labute approximate surface area is 177 Å². The third-order valence-corrected chi connectivity index (χ3v) is 4.74. The first kappa shape index (κ1) is 20.2. The van der Waals surface area contributed by atoms with Crippen LogP contribution in [0.15, 0.2) is 42.6 Å². The van der Waals surface area contributed by atoms with Crippen LogP contribution in [0.25, 0.3) is 17.2 Å². The molecule has 4 rings (SSSR count). The molecular formula is C21H21FN8O. The Morgan fingerprint density at radius 1 is 1.19 bits per heavy atom. The quantitative estimate of drug-likeness (QED) is 0.492. The number of halogens is 1. The second kappa shape index (κ2) is 7.98. The van der Waals surface area contributed by atoms with Gasteiger partial charge in [-0.3, -0.25) is 9.20 Å². The molecule has 0 aliphatic carbocycles. The summed E-state index contributed by atoms with van der Waals surface area (Å²) in [6.45, 7) is 2.16. The molecule has 31 heavy (non-hydrogen) atoms. The van der Waals surface area contributed by atoms with Crippen molar-refractivity contribution >= 4 is 23.2 Å². The fourth-order valence-corrected chi connectivity index (χ4v) is 3.32. The summed E-state index contributed by atoms with van der Waals surface area (Å²) in [5.41, 5.74) is 8.21. The molecule has 4 aromatic rings. The molecule has 0 aliphatic rings. The van der Waals surface area contributed by atoms with Crippen LogP contribution in [0.1, 0.15) is 21.6 Å². The van der Waals surface area contributed by atoms with Gasteiger partial charge in [0.05, 0.1) is 11.3 Å². The normalized spacial score (nSPS) is 11.0. The number of imidazole rings is 1. The van der Waals surface area contributed by atoms with E-state index in [2.05, 4.69) is 25.5 Å². The van der Waals surface area contributed by atoms with E-state index < -0.39 is 5.91 Å². The van der Waals surface area contributed by atoms with Crippen molar-refractivity contribution in [3.05, 3.63) is 65.2 Å². The molecule has 1 amide bonds. The van der Waals surface area contributed by atoms with Crippen molar-refractivity contribution in [3.63, 3.8) is 0 Å². The summed E-state index contributed by atoms with van der Waals surface area (Å²) in [5, 5.41) is 11.8. The summed E-state index contributed by atoms with van der Waals surface area (Å²) in [5.74, 6) is 0.477. The number of pyridine rings is 1. The van der Waals surface area contributed by atoms with Crippen molar-refractivity contribution in [3.8, 4) is 11.5 Å². The lowest BCUT2D eigenvalue weighted by Gasteiger charge is -2.16. The Hall–Kier alpha value is -4.08. The van der Waals surface area contributed by atoms with Crippen molar-refractivity contribution < 1.29 is 9.18 Å². The number of fused-ring (bicyclic) bond motifs is 1. The molecule has 0 radical (unpaired) electrons. The lowest BCUT2D eigenvalue weighted by atomic mass is 10.2. The Balaban J connectivity index is 1.78. The number of nitrogens with one attached hydrogen (secondary N) is 1. The summed E-state index contributed by atoms with van der Waals surface area (Å²) >= 11 is 0. The van der Waals surface area contributed by atoms with Gasteiger partial charge in [-0.25, -0.2) is 14.4 Å². The number of primary amides is 1. The molecule has 10 heteroatoms. The molecule has 3 heterocycles. The van der Waals surface area contributed by atoms with Crippen LogP contribution in [0.3, 0.4) is 0 Å². The van der Waals surface area contributed by atoms with Crippen molar-refractivity contribution in [1.29, 1.82) is 0 Å². The first-order valence-corrected chi connectivity index (χ1v) is 9.53. The van der Waals surface area contributed by atoms with Crippen LogP contribution in [0.5, 0.6) is 0 Å². The smallest absolute Gasteiger partial charge is 0.252 e.